The second kappa shape index (κ2) is 6.24. The van der Waals surface area contributed by atoms with E-state index in [1.54, 1.807) is 17.1 Å². The molecule has 0 aliphatic carbocycles. The highest BCUT2D eigenvalue weighted by Gasteiger charge is 2.21. The molecule has 1 saturated heterocycles. The summed E-state index contributed by atoms with van der Waals surface area (Å²) in [5.74, 6) is 0.0250. The van der Waals surface area contributed by atoms with E-state index in [9.17, 15) is 4.79 Å². The number of halogens is 1. The van der Waals surface area contributed by atoms with E-state index in [-0.39, 0.29) is 11.9 Å². The van der Waals surface area contributed by atoms with Gasteiger partial charge >= 0.3 is 0 Å². The lowest BCUT2D eigenvalue weighted by atomic mass is 10.1. The Morgan fingerprint density at radius 1 is 1.52 bits per heavy atom. The summed E-state index contributed by atoms with van der Waals surface area (Å²) in [5, 5.41) is 10.9. The highest BCUT2D eigenvalue weighted by atomic mass is 35.5. The number of aromatic nitrogens is 3. The standard InChI is InChI=1S/C14H16ClN5O/c15-11-3-4-13(20-9-16-8-19-20)10(6-11)7-18-14(21)12-2-1-5-17-12/h3-4,6,8-9,12,17H,1-2,5,7H2,(H,18,21)/t12-/m0/s1. The summed E-state index contributed by atoms with van der Waals surface area (Å²) in [6.07, 6.45) is 5.02. The average molecular weight is 306 g/mol. The first-order chi connectivity index (χ1) is 10.2. The van der Waals surface area contributed by atoms with Crippen LogP contribution in [0.5, 0.6) is 0 Å². The Labute approximate surface area is 127 Å². The molecular weight excluding hydrogens is 290 g/mol. The van der Waals surface area contributed by atoms with E-state index in [0.717, 1.165) is 30.6 Å². The fourth-order valence-corrected chi connectivity index (χ4v) is 2.66. The number of amides is 1. The van der Waals surface area contributed by atoms with E-state index in [0.29, 0.717) is 11.6 Å². The smallest absolute Gasteiger partial charge is 0.237 e. The minimum absolute atomic E-state index is 0.0250. The third kappa shape index (κ3) is 3.22. The summed E-state index contributed by atoms with van der Waals surface area (Å²) in [4.78, 5) is 16.0. The van der Waals surface area contributed by atoms with Crippen molar-refractivity contribution in [3.8, 4) is 5.69 Å². The molecular formula is C14H16ClN5O. The van der Waals surface area contributed by atoms with Crippen LogP contribution in [0.25, 0.3) is 5.69 Å². The van der Waals surface area contributed by atoms with Crippen LogP contribution in [0.2, 0.25) is 5.02 Å². The van der Waals surface area contributed by atoms with Crippen LogP contribution in [0.1, 0.15) is 18.4 Å². The lowest BCUT2D eigenvalue weighted by Crippen LogP contribution is -2.40. The van der Waals surface area contributed by atoms with E-state index < -0.39 is 0 Å². The highest BCUT2D eigenvalue weighted by molar-refractivity contribution is 6.30. The first kappa shape index (κ1) is 14.0. The topological polar surface area (TPSA) is 71.8 Å². The normalized spacial score (nSPS) is 17.9. The van der Waals surface area contributed by atoms with E-state index in [2.05, 4.69) is 20.7 Å². The number of carbonyl (C=O) groups is 1. The minimum Gasteiger partial charge on any atom is -0.351 e. The molecule has 0 spiro atoms. The fourth-order valence-electron chi connectivity index (χ4n) is 2.47. The summed E-state index contributed by atoms with van der Waals surface area (Å²) in [6, 6.07) is 5.41. The van der Waals surface area contributed by atoms with Crippen molar-refractivity contribution >= 4 is 17.5 Å². The average Bonchev–Trinajstić information content (AvgIpc) is 3.17. The van der Waals surface area contributed by atoms with Crippen LogP contribution in [0.15, 0.2) is 30.9 Å². The fraction of sp³-hybridized carbons (Fsp3) is 0.357. The first-order valence-electron chi connectivity index (χ1n) is 6.88. The van der Waals surface area contributed by atoms with Crippen LogP contribution in [0.3, 0.4) is 0 Å². The zero-order chi connectivity index (χ0) is 14.7. The van der Waals surface area contributed by atoms with E-state index in [1.165, 1.54) is 6.33 Å². The van der Waals surface area contributed by atoms with Crippen molar-refractivity contribution in [3.05, 3.63) is 41.4 Å². The van der Waals surface area contributed by atoms with Gasteiger partial charge in [0, 0.05) is 11.6 Å². The maximum atomic E-state index is 12.1. The van der Waals surface area contributed by atoms with Crippen LogP contribution in [0, 0.1) is 0 Å². The number of carbonyl (C=O) groups excluding carboxylic acids is 1. The van der Waals surface area contributed by atoms with Crippen LogP contribution < -0.4 is 10.6 Å². The zero-order valence-electron chi connectivity index (χ0n) is 11.4. The molecule has 7 heteroatoms. The van der Waals surface area contributed by atoms with Gasteiger partial charge in [0.05, 0.1) is 11.7 Å². The Morgan fingerprint density at radius 3 is 3.14 bits per heavy atom. The first-order valence-corrected chi connectivity index (χ1v) is 7.26. The van der Waals surface area contributed by atoms with Gasteiger partial charge in [0.2, 0.25) is 5.91 Å². The van der Waals surface area contributed by atoms with Gasteiger partial charge in [0.15, 0.2) is 0 Å². The van der Waals surface area contributed by atoms with Gasteiger partial charge in [0.25, 0.3) is 0 Å². The van der Waals surface area contributed by atoms with E-state index in [4.69, 9.17) is 11.6 Å². The molecule has 1 aromatic heterocycles. The van der Waals surface area contributed by atoms with E-state index in [1.807, 2.05) is 12.1 Å². The molecule has 0 radical (unpaired) electrons. The van der Waals surface area contributed by atoms with Crippen molar-refractivity contribution in [1.29, 1.82) is 0 Å². The predicted octanol–water partition coefficient (Wildman–Crippen LogP) is 1.29. The molecule has 1 aliphatic rings. The van der Waals surface area contributed by atoms with Crippen molar-refractivity contribution in [2.75, 3.05) is 6.54 Å². The molecule has 1 atom stereocenters. The third-order valence-corrected chi connectivity index (χ3v) is 3.77. The van der Waals surface area contributed by atoms with Gasteiger partial charge in [0.1, 0.15) is 12.7 Å². The van der Waals surface area contributed by atoms with Gasteiger partial charge in [-0.05, 0) is 43.1 Å². The molecule has 21 heavy (non-hydrogen) atoms. The minimum atomic E-state index is -0.0843. The van der Waals surface area contributed by atoms with Crippen LogP contribution in [0.4, 0.5) is 0 Å². The Bertz CT molecular complexity index is 622. The van der Waals surface area contributed by atoms with Crippen LogP contribution >= 0.6 is 11.6 Å². The van der Waals surface area contributed by atoms with Crippen molar-refractivity contribution < 1.29 is 4.79 Å². The third-order valence-electron chi connectivity index (χ3n) is 3.54. The summed E-state index contributed by atoms with van der Waals surface area (Å²) in [6.45, 7) is 1.31. The maximum Gasteiger partial charge on any atom is 0.237 e. The number of nitrogens with zero attached hydrogens (tertiary/aromatic N) is 3. The number of benzene rings is 1. The van der Waals surface area contributed by atoms with Gasteiger partial charge in [-0.15, -0.1) is 0 Å². The molecule has 110 valence electrons. The largest absolute Gasteiger partial charge is 0.351 e. The molecule has 3 rings (SSSR count). The molecule has 1 aromatic carbocycles. The highest BCUT2D eigenvalue weighted by Crippen LogP contribution is 2.19. The molecule has 2 aromatic rings. The zero-order valence-corrected chi connectivity index (χ0v) is 12.2. The van der Waals surface area contributed by atoms with Gasteiger partial charge < -0.3 is 10.6 Å². The summed E-state index contributed by atoms with van der Waals surface area (Å²) >= 11 is 6.05. The molecule has 2 N–H and O–H groups in total. The predicted molar refractivity (Wildman–Crippen MR) is 79.2 cm³/mol. The maximum absolute atomic E-state index is 12.1. The molecule has 0 unspecified atom stereocenters. The molecule has 2 heterocycles. The van der Waals surface area contributed by atoms with Gasteiger partial charge in [-0.1, -0.05) is 11.6 Å². The Hall–Kier alpha value is -1.92. The SMILES string of the molecule is O=C(NCc1cc(Cl)ccc1-n1cncn1)[C@@H]1CCCN1. The monoisotopic (exact) mass is 305 g/mol. The van der Waals surface area contributed by atoms with Crippen molar-refractivity contribution in [2.45, 2.75) is 25.4 Å². The second-order valence-corrected chi connectivity index (χ2v) is 5.42. The quantitative estimate of drug-likeness (QED) is 0.893. The molecule has 1 fully saturated rings. The Kier molecular flexibility index (Phi) is 4.17. The molecule has 0 saturated carbocycles. The molecule has 6 nitrogen and oxygen atoms in total. The molecule has 0 bridgehead atoms. The van der Waals surface area contributed by atoms with Crippen molar-refractivity contribution in [3.63, 3.8) is 0 Å². The number of hydrogen-bond donors (Lipinski definition) is 2. The van der Waals surface area contributed by atoms with Gasteiger partial charge in [-0.3, -0.25) is 4.79 Å². The van der Waals surface area contributed by atoms with Crippen LogP contribution in [-0.4, -0.2) is 33.3 Å². The number of nitrogens with one attached hydrogen (secondary N) is 2. The Morgan fingerprint density at radius 2 is 2.43 bits per heavy atom. The lowest BCUT2D eigenvalue weighted by Gasteiger charge is -2.13. The van der Waals surface area contributed by atoms with Crippen molar-refractivity contribution in [1.82, 2.24) is 25.4 Å². The number of rotatable bonds is 4. The van der Waals surface area contributed by atoms with Crippen LogP contribution in [-0.2, 0) is 11.3 Å². The second-order valence-electron chi connectivity index (χ2n) is 4.98. The van der Waals surface area contributed by atoms with Gasteiger partial charge in [-0.2, -0.15) is 5.10 Å². The molecule has 1 aliphatic heterocycles. The summed E-state index contributed by atoms with van der Waals surface area (Å²) in [5.41, 5.74) is 1.76. The van der Waals surface area contributed by atoms with Gasteiger partial charge in [-0.25, -0.2) is 9.67 Å². The number of hydrogen-bond acceptors (Lipinski definition) is 4. The summed E-state index contributed by atoms with van der Waals surface area (Å²) in [7, 11) is 0. The Balaban J connectivity index is 1.75. The molecule has 1 amide bonds. The summed E-state index contributed by atoms with van der Waals surface area (Å²) < 4.78 is 1.66. The van der Waals surface area contributed by atoms with E-state index >= 15 is 0 Å². The lowest BCUT2D eigenvalue weighted by molar-refractivity contribution is -0.122. The van der Waals surface area contributed by atoms with Crippen molar-refractivity contribution in [2.24, 2.45) is 0 Å².